The van der Waals surface area contributed by atoms with Crippen molar-refractivity contribution in [2.45, 2.75) is 6.92 Å². The Labute approximate surface area is 145 Å². The summed E-state index contributed by atoms with van der Waals surface area (Å²) in [7, 11) is 0. The van der Waals surface area contributed by atoms with E-state index in [-0.39, 0.29) is 6.03 Å². The molecule has 4 rings (SSSR count). The number of aromatic nitrogens is 3. The van der Waals surface area contributed by atoms with Crippen molar-refractivity contribution in [3.05, 3.63) is 48.5 Å². The number of piperazine rings is 1. The third-order valence-electron chi connectivity index (χ3n) is 4.65. The number of hydrogen-bond donors (Lipinski definition) is 1. The van der Waals surface area contributed by atoms with E-state index in [2.05, 4.69) is 43.7 Å². The van der Waals surface area contributed by atoms with Crippen molar-refractivity contribution in [1.29, 1.82) is 0 Å². The maximum Gasteiger partial charge on any atom is 0.314 e. The number of anilines is 1. The molecule has 3 heterocycles. The number of nitrogens with zero attached hydrogens (tertiary/aromatic N) is 5. The van der Waals surface area contributed by atoms with E-state index in [4.69, 9.17) is 5.73 Å². The van der Waals surface area contributed by atoms with Gasteiger partial charge in [0.05, 0.1) is 5.52 Å². The van der Waals surface area contributed by atoms with Crippen LogP contribution in [-0.2, 0) is 0 Å². The Morgan fingerprint density at radius 3 is 2.64 bits per heavy atom. The lowest BCUT2D eigenvalue weighted by Gasteiger charge is -2.35. The number of carbonyl (C=O) groups excluding carboxylic acids is 1. The highest BCUT2D eigenvalue weighted by Gasteiger charge is 2.21. The minimum Gasteiger partial charge on any atom is -0.367 e. The Hall–Kier alpha value is -3.09. The van der Waals surface area contributed by atoms with Gasteiger partial charge < -0.3 is 20.1 Å². The van der Waals surface area contributed by atoms with Gasteiger partial charge in [-0.15, -0.1) is 0 Å². The molecule has 128 valence electrons. The molecule has 1 aliphatic rings. The molecular formula is C18H20N6O. The zero-order chi connectivity index (χ0) is 17.4. The number of fused-ring (bicyclic) bond motifs is 1. The van der Waals surface area contributed by atoms with Crippen molar-refractivity contribution in [1.82, 2.24) is 19.4 Å². The van der Waals surface area contributed by atoms with E-state index in [0.717, 1.165) is 30.2 Å². The first-order valence-electron chi connectivity index (χ1n) is 8.33. The molecule has 0 spiro atoms. The largest absolute Gasteiger partial charge is 0.367 e. The molecule has 0 radical (unpaired) electrons. The average molecular weight is 336 g/mol. The summed E-state index contributed by atoms with van der Waals surface area (Å²) in [4.78, 5) is 24.0. The summed E-state index contributed by atoms with van der Waals surface area (Å²) in [5.41, 5.74) is 7.65. The Morgan fingerprint density at radius 2 is 1.92 bits per heavy atom. The van der Waals surface area contributed by atoms with E-state index in [1.807, 2.05) is 19.2 Å². The predicted octanol–water partition coefficient (Wildman–Crippen LogP) is 1.93. The topological polar surface area (TPSA) is 80.3 Å². The fourth-order valence-corrected chi connectivity index (χ4v) is 3.37. The fraction of sp³-hybridized carbons (Fsp3) is 0.278. The lowest BCUT2D eigenvalue weighted by atomic mass is 10.1. The molecule has 1 aliphatic heterocycles. The molecule has 7 nitrogen and oxygen atoms in total. The molecule has 0 saturated carbocycles. The van der Waals surface area contributed by atoms with Crippen molar-refractivity contribution in [2.24, 2.45) is 5.73 Å². The number of carbonyl (C=O) groups is 1. The monoisotopic (exact) mass is 336 g/mol. The van der Waals surface area contributed by atoms with Crippen LogP contribution in [0.4, 0.5) is 10.5 Å². The van der Waals surface area contributed by atoms with Crippen LogP contribution in [0.2, 0.25) is 0 Å². The molecular weight excluding hydrogens is 316 g/mol. The zero-order valence-corrected chi connectivity index (χ0v) is 14.1. The number of urea groups is 1. The van der Waals surface area contributed by atoms with Crippen LogP contribution < -0.4 is 10.6 Å². The van der Waals surface area contributed by atoms with E-state index < -0.39 is 0 Å². The van der Waals surface area contributed by atoms with Crippen LogP contribution in [0.15, 0.2) is 42.7 Å². The van der Waals surface area contributed by atoms with Crippen molar-refractivity contribution < 1.29 is 4.79 Å². The van der Waals surface area contributed by atoms with Gasteiger partial charge in [-0.2, -0.15) is 0 Å². The van der Waals surface area contributed by atoms with Crippen molar-refractivity contribution >= 4 is 22.6 Å². The standard InChI is InChI=1S/C18H20N6O/c1-13-20-7-5-17(21-13)24-8-6-14-15(3-2-4-16(14)24)22-9-11-23(12-10-22)18(19)25/h2-8H,9-12H2,1H3,(H2,19,25). The Kier molecular flexibility index (Phi) is 3.76. The van der Waals surface area contributed by atoms with E-state index >= 15 is 0 Å². The van der Waals surface area contributed by atoms with E-state index in [9.17, 15) is 4.79 Å². The van der Waals surface area contributed by atoms with Gasteiger partial charge in [0, 0.05) is 49.6 Å². The van der Waals surface area contributed by atoms with Gasteiger partial charge in [-0.3, -0.25) is 0 Å². The SMILES string of the molecule is Cc1nccc(-n2ccc3c(N4CCN(C(N)=O)CC4)cccc32)n1. The summed E-state index contributed by atoms with van der Waals surface area (Å²) in [6.45, 7) is 4.74. The third kappa shape index (κ3) is 2.77. The molecule has 1 saturated heterocycles. The van der Waals surface area contributed by atoms with Crippen LogP contribution >= 0.6 is 0 Å². The molecule has 7 heteroatoms. The molecule has 1 aromatic carbocycles. The van der Waals surface area contributed by atoms with Crippen LogP contribution in [0.25, 0.3) is 16.7 Å². The van der Waals surface area contributed by atoms with Gasteiger partial charge in [0.1, 0.15) is 11.6 Å². The maximum absolute atomic E-state index is 11.3. The lowest BCUT2D eigenvalue weighted by molar-refractivity contribution is 0.204. The summed E-state index contributed by atoms with van der Waals surface area (Å²) in [5.74, 6) is 1.61. The number of benzene rings is 1. The van der Waals surface area contributed by atoms with Crippen LogP contribution in [0, 0.1) is 6.92 Å². The molecule has 0 aliphatic carbocycles. The van der Waals surface area contributed by atoms with Gasteiger partial charge in [0.2, 0.25) is 0 Å². The van der Waals surface area contributed by atoms with Gasteiger partial charge in [0.25, 0.3) is 0 Å². The van der Waals surface area contributed by atoms with Crippen LogP contribution in [0.3, 0.4) is 0 Å². The number of hydrogen-bond acceptors (Lipinski definition) is 4. The Balaban J connectivity index is 1.69. The molecule has 0 unspecified atom stereocenters. The van der Waals surface area contributed by atoms with Gasteiger partial charge in [-0.05, 0) is 31.2 Å². The average Bonchev–Trinajstić information content (AvgIpc) is 3.06. The van der Waals surface area contributed by atoms with Crippen molar-refractivity contribution in [2.75, 3.05) is 31.1 Å². The van der Waals surface area contributed by atoms with Gasteiger partial charge >= 0.3 is 6.03 Å². The van der Waals surface area contributed by atoms with Crippen molar-refractivity contribution in [3.63, 3.8) is 0 Å². The molecule has 3 aromatic rings. The molecule has 2 amide bonds. The van der Waals surface area contributed by atoms with E-state index in [1.165, 1.54) is 11.1 Å². The second-order valence-corrected chi connectivity index (χ2v) is 6.17. The van der Waals surface area contributed by atoms with E-state index in [1.54, 1.807) is 11.1 Å². The summed E-state index contributed by atoms with van der Waals surface area (Å²) < 4.78 is 2.08. The number of rotatable bonds is 2. The molecule has 25 heavy (non-hydrogen) atoms. The normalized spacial score (nSPS) is 14.9. The highest BCUT2D eigenvalue weighted by molar-refractivity contribution is 5.94. The summed E-state index contributed by atoms with van der Waals surface area (Å²) in [6, 6.07) is 9.95. The predicted molar refractivity (Wildman–Crippen MR) is 97.0 cm³/mol. The minimum atomic E-state index is -0.344. The minimum absolute atomic E-state index is 0.344. The molecule has 0 bridgehead atoms. The molecule has 2 N–H and O–H groups in total. The molecule has 1 fully saturated rings. The first kappa shape index (κ1) is 15.4. The maximum atomic E-state index is 11.3. The van der Waals surface area contributed by atoms with Crippen LogP contribution in [-0.4, -0.2) is 51.6 Å². The lowest BCUT2D eigenvalue weighted by Crippen LogP contribution is -2.50. The summed E-state index contributed by atoms with van der Waals surface area (Å²) in [6.07, 6.45) is 3.81. The highest BCUT2D eigenvalue weighted by Crippen LogP contribution is 2.30. The van der Waals surface area contributed by atoms with Gasteiger partial charge in [0.15, 0.2) is 0 Å². The Morgan fingerprint density at radius 1 is 1.12 bits per heavy atom. The van der Waals surface area contributed by atoms with Crippen LogP contribution in [0.1, 0.15) is 5.82 Å². The second kappa shape index (κ2) is 6.08. The number of primary amides is 1. The van der Waals surface area contributed by atoms with E-state index in [0.29, 0.717) is 13.1 Å². The first-order chi connectivity index (χ1) is 12.1. The van der Waals surface area contributed by atoms with Crippen molar-refractivity contribution in [3.8, 4) is 5.82 Å². The number of nitrogens with two attached hydrogens (primary N) is 1. The van der Waals surface area contributed by atoms with Gasteiger partial charge in [-0.1, -0.05) is 6.07 Å². The second-order valence-electron chi connectivity index (χ2n) is 6.17. The summed E-state index contributed by atoms with van der Waals surface area (Å²) in [5, 5.41) is 1.17. The zero-order valence-electron chi connectivity index (χ0n) is 14.1. The fourth-order valence-electron chi connectivity index (χ4n) is 3.37. The summed E-state index contributed by atoms with van der Waals surface area (Å²) >= 11 is 0. The quantitative estimate of drug-likeness (QED) is 0.775. The Bertz CT molecular complexity index is 926. The highest BCUT2D eigenvalue weighted by atomic mass is 16.2. The van der Waals surface area contributed by atoms with Gasteiger partial charge in [-0.25, -0.2) is 14.8 Å². The molecule has 0 atom stereocenters. The third-order valence-corrected chi connectivity index (χ3v) is 4.65. The smallest absolute Gasteiger partial charge is 0.314 e. The number of aryl methyl sites for hydroxylation is 1. The molecule has 2 aromatic heterocycles. The van der Waals surface area contributed by atoms with Crippen LogP contribution in [0.5, 0.6) is 0 Å². The first-order valence-corrected chi connectivity index (χ1v) is 8.33. The number of amides is 2.